The summed E-state index contributed by atoms with van der Waals surface area (Å²) in [5.74, 6) is -0.0712. The lowest BCUT2D eigenvalue weighted by Gasteiger charge is -2.32. The van der Waals surface area contributed by atoms with Gasteiger partial charge in [-0.1, -0.05) is 0 Å². The molecule has 1 aromatic heterocycles. The zero-order chi connectivity index (χ0) is 15.8. The minimum atomic E-state index is -3.25. The Morgan fingerprint density at radius 1 is 1.38 bits per heavy atom. The molecule has 0 spiro atoms. The molecule has 8 heteroatoms. The second-order valence-electron chi connectivity index (χ2n) is 5.65. The van der Waals surface area contributed by atoms with Gasteiger partial charge in [0.25, 0.3) is 5.91 Å². The Labute approximate surface area is 125 Å². The Kier molecular flexibility index (Phi) is 4.38. The van der Waals surface area contributed by atoms with Crippen molar-refractivity contribution in [1.82, 2.24) is 19.4 Å². The largest absolute Gasteiger partial charge is 0.337 e. The zero-order valence-electron chi connectivity index (χ0n) is 12.9. The molecule has 1 N–H and O–H groups in total. The first-order valence-electron chi connectivity index (χ1n) is 6.96. The van der Waals surface area contributed by atoms with Crippen molar-refractivity contribution < 1.29 is 13.2 Å². The van der Waals surface area contributed by atoms with Crippen LogP contribution in [0.5, 0.6) is 0 Å². The summed E-state index contributed by atoms with van der Waals surface area (Å²) in [6.45, 7) is 4.73. The van der Waals surface area contributed by atoms with E-state index in [-0.39, 0.29) is 11.9 Å². The molecule has 1 aromatic rings. The molecular formula is C13H22N4O3S. The van der Waals surface area contributed by atoms with E-state index in [1.54, 1.807) is 9.58 Å². The van der Waals surface area contributed by atoms with Gasteiger partial charge in [0.15, 0.2) is 0 Å². The van der Waals surface area contributed by atoms with Crippen LogP contribution in [0.2, 0.25) is 0 Å². The van der Waals surface area contributed by atoms with Gasteiger partial charge in [-0.25, -0.2) is 13.1 Å². The van der Waals surface area contributed by atoms with Crippen LogP contribution in [0, 0.1) is 13.8 Å². The first-order valence-corrected chi connectivity index (χ1v) is 8.85. The average Bonchev–Trinajstić information content (AvgIpc) is 2.61. The first-order chi connectivity index (χ1) is 9.69. The minimum absolute atomic E-state index is 0.0712. The molecule has 7 nitrogen and oxygen atoms in total. The third kappa shape index (κ3) is 3.62. The topological polar surface area (TPSA) is 84.3 Å². The number of aromatic nitrogens is 2. The molecule has 2 rings (SSSR count). The van der Waals surface area contributed by atoms with Crippen LogP contribution in [0.1, 0.15) is 34.6 Å². The SMILES string of the molecule is Cc1nn(C)c(C)c1C(=O)N1CCC[C@@H](NS(C)(=O)=O)C1. The van der Waals surface area contributed by atoms with Crippen molar-refractivity contribution in [3.05, 3.63) is 17.0 Å². The molecule has 118 valence electrons. The Morgan fingerprint density at radius 2 is 2.05 bits per heavy atom. The summed E-state index contributed by atoms with van der Waals surface area (Å²) in [7, 11) is -1.45. The average molecular weight is 314 g/mol. The van der Waals surface area contributed by atoms with Crippen LogP contribution >= 0.6 is 0 Å². The number of rotatable bonds is 3. The first kappa shape index (κ1) is 16.0. The van der Waals surface area contributed by atoms with Gasteiger partial charge in [0, 0.05) is 31.9 Å². The molecule has 0 bridgehead atoms. The number of piperidine rings is 1. The Hall–Kier alpha value is -1.41. The molecule has 0 saturated carbocycles. The fourth-order valence-electron chi connectivity index (χ4n) is 2.80. The number of carbonyl (C=O) groups excluding carboxylic acids is 1. The van der Waals surface area contributed by atoms with E-state index in [0.717, 1.165) is 24.8 Å². The number of hydrogen-bond acceptors (Lipinski definition) is 4. The van der Waals surface area contributed by atoms with Gasteiger partial charge in [0.1, 0.15) is 0 Å². The Balaban J connectivity index is 2.16. The second kappa shape index (κ2) is 5.76. The quantitative estimate of drug-likeness (QED) is 0.863. The van der Waals surface area contributed by atoms with E-state index in [1.165, 1.54) is 0 Å². The zero-order valence-corrected chi connectivity index (χ0v) is 13.7. The van der Waals surface area contributed by atoms with Gasteiger partial charge < -0.3 is 4.90 Å². The summed E-state index contributed by atoms with van der Waals surface area (Å²) in [6.07, 6.45) is 2.68. The van der Waals surface area contributed by atoms with E-state index in [9.17, 15) is 13.2 Å². The number of amides is 1. The van der Waals surface area contributed by atoms with Crippen molar-refractivity contribution in [3.8, 4) is 0 Å². The summed E-state index contributed by atoms with van der Waals surface area (Å²) in [5, 5.41) is 4.26. The van der Waals surface area contributed by atoms with E-state index < -0.39 is 10.0 Å². The smallest absolute Gasteiger partial charge is 0.257 e. The molecule has 1 saturated heterocycles. The Morgan fingerprint density at radius 3 is 2.57 bits per heavy atom. The van der Waals surface area contributed by atoms with Crippen molar-refractivity contribution in [2.45, 2.75) is 32.7 Å². The molecule has 0 aromatic carbocycles. The van der Waals surface area contributed by atoms with E-state index in [4.69, 9.17) is 0 Å². The van der Waals surface area contributed by atoms with Gasteiger partial charge in [0.2, 0.25) is 10.0 Å². The van der Waals surface area contributed by atoms with Crippen molar-refractivity contribution in [3.63, 3.8) is 0 Å². The molecule has 1 amide bonds. The summed E-state index contributed by atoms with van der Waals surface area (Å²) in [4.78, 5) is 14.4. The summed E-state index contributed by atoms with van der Waals surface area (Å²) >= 11 is 0. The maximum atomic E-state index is 12.7. The number of carbonyl (C=O) groups is 1. The van der Waals surface area contributed by atoms with Gasteiger partial charge in [-0.2, -0.15) is 5.10 Å². The predicted molar refractivity (Wildman–Crippen MR) is 79.6 cm³/mol. The Bertz CT molecular complexity index is 651. The molecule has 1 fully saturated rings. The molecule has 0 unspecified atom stereocenters. The summed E-state index contributed by atoms with van der Waals surface area (Å²) in [5.41, 5.74) is 2.16. The highest BCUT2D eigenvalue weighted by Gasteiger charge is 2.29. The lowest BCUT2D eigenvalue weighted by Crippen LogP contribution is -2.49. The van der Waals surface area contributed by atoms with Crippen LogP contribution in [0.25, 0.3) is 0 Å². The number of hydrogen-bond donors (Lipinski definition) is 1. The third-order valence-corrected chi connectivity index (χ3v) is 4.57. The number of nitrogens with zero attached hydrogens (tertiary/aromatic N) is 3. The number of nitrogens with one attached hydrogen (secondary N) is 1. The maximum Gasteiger partial charge on any atom is 0.257 e. The highest BCUT2D eigenvalue weighted by molar-refractivity contribution is 7.88. The van der Waals surface area contributed by atoms with Crippen molar-refractivity contribution in [1.29, 1.82) is 0 Å². The fraction of sp³-hybridized carbons (Fsp3) is 0.692. The van der Waals surface area contributed by atoms with Crippen LogP contribution in [0.15, 0.2) is 0 Å². The lowest BCUT2D eigenvalue weighted by atomic mass is 10.0. The molecule has 0 aliphatic carbocycles. The van der Waals surface area contributed by atoms with Crippen LogP contribution in [0.4, 0.5) is 0 Å². The molecule has 1 atom stereocenters. The van der Waals surface area contributed by atoms with Gasteiger partial charge in [-0.15, -0.1) is 0 Å². The van der Waals surface area contributed by atoms with E-state index in [0.29, 0.717) is 24.3 Å². The van der Waals surface area contributed by atoms with Crippen molar-refractivity contribution >= 4 is 15.9 Å². The normalized spacial score (nSPS) is 19.8. The van der Waals surface area contributed by atoms with E-state index in [1.807, 2.05) is 20.9 Å². The molecule has 0 radical (unpaired) electrons. The molecule has 1 aliphatic heterocycles. The number of sulfonamides is 1. The molecule has 21 heavy (non-hydrogen) atoms. The number of aryl methyl sites for hydroxylation is 2. The van der Waals surface area contributed by atoms with Gasteiger partial charge in [0.05, 0.1) is 17.5 Å². The molecule has 2 heterocycles. The van der Waals surface area contributed by atoms with Gasteiger partial charge >= 0.3 is 0 Å². The highest BCUT2D eigenvalue weighted by atomic mass is 32.2. The van der Waals surface area contributed by atoms with Gasteiger partial charge in [-0.05, 0) is 26.7 Å². The molecular weight excluding hydrogens is 292 g/mol. The predicted octanol–water partition coefficient (Wildman–Crippen LogP) is 0.191. The monoisotopic (exact) mass is 314 g/mol. The van der Waals surface area contributed by atoms with Crippen LogP contribution < -0.4 is 4.72 Å². The fourth-order valence-corrected chi connectivity index (χ4v) is 3.60. The standard InChI is InChI=1S/C13H22N4O3S/c1-9-12(10(2)16(3)14-9)13(18)17-7-5-6-11(8-17)15-21(4,19)20/h11,15H,5-8H2,1-4H3/t11-/m1/s1. The summed E-state index contributed by atoms with van der Waals surface area (Å²) < 4.78 is 26.9. The third-order valence-electron chi connectivity index (χ3n) is 3.81. The summed E-state index contributed by atoms with van der Waals surface area (Å²) in [6, 6.07) is -0.213. The maximum absolute atomic E-state index is 12.7. The lowest BCUT2D eigenvalue weighted by molar-refractivity contribution is 0.0701. The van der Waals surface area contributed by atoms with E-state index >= 15 is 0 Å². The van der Waals surface area contributed by atoms with Crippen LogP contribution in [-0.4, -0.2) is 54.4 Å². The molecule has 1 aliphatic rings. The van der Waals surface area contributed by atoms with Crippen LogP contribution in [0.3, 0.4) is 0 Å². The number of likely N-dealkylation sites (tertiary alicyclic amines) is 1. The highest BCUT2D eigenvalue weighted by Crippen LogP contribution is 2.18. The van der Waals surface area contributed by atoms with Crippen molar-refractivity contribution in [2.75, 3.05) is 19.3 Å². The second-order valence-corrected chi connectivity index (χ2v) is 7.43. The van der Waals surface area contributed by atoms with Crippen LogP contribution in [-0.2, 0) is 17.1 Å². The van der Waals surface area contributed by atoms with E-state index in [2.05, 4.69) is 9.82 Å². The van der Waals surface area contributed by atoms with Crippen molar-refractivity contribution in [2.24, 2.45) is 7.05 Å². The minimum Gasteiger partial charge on any atom is -0.337 e. The van der Waals surface area contributed by atoms with Gasteiger partial charge in [-0.3, -0.25) is 9.48 Å².